The van der Waals surface area contributed by atoms with E-state index in [2.05, 4.69) is 27.7 Å². The molecule has 0 radical (unpaired) electrons. The van der Waals surface area contributed by atoms with Gasteiger partial charge in [-0.2, -0.15) is 0 Å². The second-order valence-corrected chi connectivity index (χ2v) is 7.46. The van der Waals surface area contributed by atoms with E-state index in [1.807, 2.05) is 13.8 Å². The van der Waals surface area contributed by atoms with Crippen LogP contribution in [0.25, 0.3) is 0 Å². The Morgan fingerprint density at radius 2 is 1.43 bits per heavy atom. The van der Waals surface area contributed by atoms with Gasteiger partial charge in [-0.25, -0.2) is 0 Å². The zero-order valence-electron chi connectivity index (χ0n) is 15.7. The average Bonchev–Trinajstić information content (AvgIpc) is 2.92. The minimum atomic E-state index is -1.12. The van der Waals surface area contributed by atoms with Gasteiger partial charge in [-0.1, -0.05) is 41.5 Å². The lowest BCUT2D eigenvalue weighted by atomic mass is 9.67. The second kappa shape index (κ2) is 8.70. The average molecular weight is 326 g/mol. The van der Waals surface area contributed by atoms with Gasteiger partial charge in [-0.3, -0.25) is 9.59 Å². The van der Waals surface area contributed by atoms with Crippen LogP contribution in [-0.2, 0) is 19.1 Å². The van der Waals surface area contributed by atoms with Crippen molar-refractivity contribution in [1.82, 2.24) is 0 Å². The summed E-state index contributed by atoms with van der Waals surface area (Å²) in [5.74, 6) is 0.245. The summed E-state index contributed by atoms with van der Waals surface area (Å²) in [6.07, 6.45) is 2.93. The van der Waals surface area contributed by atoms with Crippen molar-refractivity contribution in [2.75, 3.05) is 13.2 Å². The topological polar surface area (TPSA) is 52.6 Å². The molecule has 0 aliphatic heterocycles. The Morgan fingerprint density at radius 1 is 0.957 bits per heavy atom. The van der Waals surface area contributed by atoms with E-state index in [9.17, 15) is 9.59 Å². The van der Waals surface area contributed by atoms with Gasteiger partial charge in [-0.15, -0.1) is 0 Å². The molecular weight excluding hydrogens is 292 g/mol. The van der Waals surface area contributed by atoms with Gasteiger partial charge in [0.15, 0.2) is 5.41 Å². The molecule has 1 aliphatic rings. The molecule has 2 atom stereocenters. The summed E-state index contributed by atoms with van der Waals surface area (Å²) in [5.41, 5.74) is -1.12. The summed E-state index contributed by atoms with van der Waals surface area (Å²) in [7, 11) is 0. The molecule has 0 aromatic carbocycles. The number of esters is 2. The molecule has 0 heterocycles. The fraction of sp³-hybridized carbons (Fsp3) is 0.895. The maximum Gasteiger partial charge on any atom is 0.323 e. The highest BCUT2D eigenvalue weighted by Gasteiger charge is 2.61. The van der Waals surface area contributed by atoms with Crippen molar-refractivity contribution >= 4 is 11.9 Å². The lowest BCUT2D eigenvalue weighted by molar-refractivity contribution is -0.178. The van der Waals surface area contributed by atoms with Gasteiger partial charge in [0.05, 0.1) is 13.2 Å². The Bertz CT molecular complexity index is 380. The molecule has 4 nitrogen and oxygen atoms in total. The molecule has 0 saturated heterocycles. The van der Waals surface area contributed by atoms with Gasteiger partial charge in [0.1, 0.15) is 0 Å². The second-order valence-electron chi connectivity index (χ2n) is 7.46. The van der Waals surface area contributed by atoms with Gasteiger partial charge in [0.25, 0.3) is 0 Å². The van der Waals surface area contributed by atoms with Gasteiger partial charge in [0, 0.05) is 0 Å². The molecule has 0 N–H and O–H groups in total. The first-order valence-electron chi connectivity index (χ1n) is 9.17. The fourth-order valence-electron chi connectivity index (χ4n) is 4.12. The molecule has 0 aromatic rings. The van der Waals surface area contributed by atoms with Crippen LogP contribution in [0.15, 0.2) is 0 Å². The van der Waals surface area contributed by atoms with Gasteiger partial charge < -0.3 is 9.47 Å². The Hall–Kier alpha value is -1.06. The minimum Gasteiger partial charge on any atom is -0.465 e. The van der Waals surface area contributed by atoms with E-state index in [1.54, 1.807) is 0 Å². The summed E-state index contributed by atoms with van der Waals surface area (Å²) in [4.78, 5) is 25.8. The molecule has 134 valence electrons. The van der Waals surface area contributed by atoms with Gasteiger partial charge in [0.2, 0.25) is 0 Å². The monoisotopic (exact) mass is 326 g/mol. The van der Waals surface area contributed by atoms with E-state index < -0.39 is 5.41 Å². The van der Waals surface area contributed by atoms with Crippen molar-refractivity contribution < 1.29 is 19.1 Å². The highest BCUT2D eigenvalue weighted by Crippen LogP contribution is 2.54. The molecule has 1 rings (SSSR count). The zero-order chi connectivity index (χ0) is 17.6. The molecular formula is C19H34O4. The molecule has 1 fully saturated rings. The Balaban J connectivity index is 3.21. The first-order chi connectivity index (χ1) is 10.8. The zero-order valence-corrected chi connectivity index (χ0v) is 15.7. The van der Waals surface area contributed by atoms with E-state index in [0.717, 1.165) is 19.3 Å². The maximum absolute atomic E-state index is 12.9. The lowest BCUT2D eigenvalue weighted by Crippen LogP contribution is -2.48. The van der Waals surface area contributed by atoms with E-state index >= 15 is 0 Å². The van der Waals surface area contributed by atoms with Crippen LogP contribution in [0.2, 0.25) is 0 Å². The van der Waals surface area contributed by atoms with Crippen LogP contribution in [0.3, 0.4) is 0 Å². The van der Waals surface area contributed by atoms with Crippen molar-refractivity contribution in [3.05, 3.63) is 0 Å². The predicted molar refractivity (Wildman–Crippen MR) is 90.8 cm³/mol. The van der Waals surface area contributed by atoms with Crippen LogP contribution < -0.4 is 0 Å². The predicted octanol–water partition coefficient (Wildman–Crippen LogP) is 4.22. The number of carbonyl (C=O) groups is 2. The van der Waals surface area contributed by atoms with Crippen molar-refractivity contribution in [3.8, 4) is 0 Å². The van der Waals surface area contributed by atoms with Crippen LogP contribution in [0, 0.1) is 29.1 Å². The lowest BCUT2D eigenvalue weighted by Gasteiger charge is -2.37. The summed E-state index contributed by atoms with van der Waals surface area (Å²) < 4.78 is 10.9. The first kappa shape index (κ1) is 20.0. The van der Waals surface area contributed by atoms with Gasteiger partial charge in [-0.05, 0) is 49.4 Å². The highest BCUT2D eigenvalue weighted by atomic mass is 16.6. The first-order valence-corrected chi connectivity index (χ1v) is 9.17. The van der Waals surface area contributed by atoms with Crippen LogP contribution >= 0.6 is 0 Å². The van der Waals surface area contributed by atoms with E-state index in [4.69, 9.17) is 9.47 Å². The Morgan fingerprint density at radius 3 is 1.78 bits per heavy atom. The largest absolute Gasteiger partial charge is 0.465 e. The van der Waals surface area contributed by atoms with Crippen molar-refractivity contribution in [1.29, 1.82) is 0 Å². The quantitative estimate of drug-likeness (QED) is 0.495. The summed E-state index contributed by atoms with van der Waals surface area (Å²) >= 11 is 0. The molecule has 0 aromatic heterocycles. The van der Waals surface area contributed by atoms with Crippen LogP contribution in [0.5, 0.6) is 0 Å². The molecule has 4 heteroatoms. The Kier molecular flexibility index (Phi) is 7.56. The smallest absolute Gasteiger partial charge is 0.323 e. The standard InChI is InChI=1S/C19H34O4/c1-7-11-22-17(20)19(18(21)23-12-8-2)10-9-15(13(3)4)16(19)14(5)6/h13-16H,7-12H2,1-6H3. The maximum atomic E-state index is 12.9. The summed E-state index contributed by atoms with van der Waals surface area (Å²) in [6, 6.07) is 0. The van der Waals surface area contributed by atoms with Crippen LogP contribution in [-0.4, -0.2) is 25.2 Å². The van der Waals surface area contributed by atoms with E-state index in [-0.39, 0.29) is 23.8 Å². The molecule has 0 bridgehead atoms. The number of hydrogen-bond donors (Lipinski definition) is 0. The van der Waals surface area contributed by atoms with Crippen LogP contribution in [0.1, 0.15) is 67.2 Å². The third kappa shape index (κ3) is 4.07. The normalized spacial score (nSPS) is 23.3. The van der Waals surface area contributed by atoms with Gasteiger partial charge >= 0.3 is 11.9 Å². The minimum absolute atomic E-state index is 0.0174. The van der Waals surface area contributed by atoms with Crippen molar-refractivity contribution in [2.24, 2.45) is 29.1 Å². The molecule has 23 heavy (non-hydrogen) atoms. The molecule has 1 aliphatic carbocycles. The third-order valence-corrected chi connectivity index (χ3v) is 5.08. The highest BCUT2D eigenvalue weighted by molar-refractivity contribution is 6.01. The fourth-order valence-corrected chi connectivity index (χ4v) is 4.12. The molecule has 0 spiro atoms. The van der Waals surface area contributed by atoms with E-state index in [1.165, 1.54) is 0 Å². The summed E-state index contributed by atoms with van der Waals surface area (Å²) in [6.45, 7) is 13.2. The molecule has 0 amide bonds. The van der Waals surface area contributed by atoms with Crippen LogP contribution in [0.4, 0.5) is 0 Å². The van der Waals surface area contributed by atoms with Crippen molar-refractivity contribution in [3.63, 3.8) is 0 Å². The number of carbonyl (C=O) groups excluding carboxylic acids is 2. The Labute approximate surface area is 141 Å². The SMILES string of the molecule is CCCOC(=O)C1(C(=O)OCCC)CCC(C(C)C)C1C(C)C. The third-order valence-electron chi connectivity index (χ3n) is 5.08. The number of ether oxygens (including phenoxy) is 2. The molecule has 2 unspecified atom stereocenters. The van der Waals surface area contributed by atoms with E-state index in [0.29, 0.717) is 31.5 Å². The number of rotatable bonds is 8. The summed E-state index contributed by atoms with van der Waals surface area (Å²) in [5, 5.41) is 0. The van der Waals surface area contributed by atoms with Crippen molar-refractivity contribution in [2.45, 2.75) is 67.2 Å². The molecule has 1 saturated carbocycles. The number of hydrogen-bond acceptors (Lipinski definition) is 4.